The van der Waals surface area contributed by atoms with Crippen molar-refractivity contribution in [2.24, 2.45) is 7.05 Å². The number of nitro groups is 1. The minimum absolute atomic E-state index is 0.137. The van der Waals surface area contributed by atoms with E-state index in [2.05, 4.69) is 9.72 Å². The molecule has 7 heteroatoms. The van der Waals surface area contributed by atoms with E-state index in [0.29, 0.717) is 0 Å². The molecule has 0 aliphatic rings. The van der Waals surface area contributed by atoms with Crippen LogP contribution in [0.4, 0.5) is 5.82 Å². The van der Waals surface area contributed by atoms with Gasteiger partial charge in [-0.3, -0.25) is 4.79 Å². The van der Waals surface area contributed by atoms with Gasteiger partial charge < -0.3 is 19.4 Å². The first kappa shape index (κ1) is 10.2. The summed E-state index contributed by atoms with van der Waals surface area (Å²) in [6.45, 7) is 1.10. The fourth-order valence-corrected chi connectivity index (χ4v) is 0.932. The molecule has 1 rings (SSSR count). The Kier molecular flexibility index (Phi) is 2.80. The molecule has 0 fully saturated rings. The standard InChI is InChI=1S/C7H9N3O4/c1-5(11)14-3-6-7(10(12)13)8-4-9(6)2/h4H,3H2,1-2H3. The minimum Gasteiger partial charge on any atom is -0.459 e. The van der Waals surface area contributed by atoms with E-state index in [0.717, 1.165) is 0 Å². The molecule has 14 heavy (non-hydrogen) atoms. The summed E-state index contributed by atoms with van der Waals surface area (Å²) in [5.41, 5.74) is 0.269. The number of nitrogens with zero attached hydrogens (tertiary/aromatic N) is 3. The first-order chi connectivity index (χ1) is 6.52. The Bertz CT molecular complexity index is 371. The van der Waals surface area contributed by atoms with E-state index in [4.69, 9.17) is 0 Å². The number of rotatable bonds is 3. The predicted molar refractivity (Wildman–Crippen MR) is 45.3 cm³/mol. The van der Waals surface area contributed by atoms with E-state index in [9.17, 15) is 14.9 Å². The van der Waals surface area contributed by atoms with Gasteiger partial charge in [-0.25, -0.2) is 0 Å². The first-order valence-corrected chi connectivity index (χ1v) is 3.80. The van der Waals surface area contributed by atoms with Crippen molar-refractivity contribution in [3.05, 3.63) is 22.1 Å². The second-order valence-corrected chi connectivity index (χ2v) is 2.66. The Morgan fingerprint density at radius 2 is 2.43 bits per heavy atom. The van der Waals surface area contributed by atoms with Gasteiger partial charge in [-0.2, -0.15) is 0 Å². The van der Waals surface area contributed by atoms with E-state index in [1.807, 2.05) is 0 Å². The molecule has 1 aromatic rings. The highest BCUT2D eigenvalue weighted by atomic mass is 16.6. The molecule has 0 aliphatic carbocycles. The van der Waals surface area contributed by atoms with E-state index in [-0.39, 0.29) is 18.1 Å². The van der Waals surface area contributed by atoms with Crippen molar-refractivity contribution in [2.45, 2.75) is 13.5 Å². The molecule has 0 bridgehead atoms. The van der Waals surface area contributed by atoms with Crippen LogP contribution >= 0.6 is 0 Å². The summed E-state index contributed by atoms with van der Waals surface area (Å²) in [6.07, 6.45) is 1.30. The Hall–Kier alpha value is -1.92. The molecule has 0 spiro atoms. The van der Waals surface area contributed by atoms with Crippen LogP contribution in [0.15, 0.2) is 6.33 Å². The van der Waals surface area contributed by atoms with Gasteiger partial charge in [-0.05, 0) is 9.91 Å². The van der Waals surface area contributed by atoms with Crippen LogP contribution in [0.2, 0.25) is 0 Å². The van der Waals surface area contributed by atoms with Gasteiger partial charge in [0.2, 0.25) is 6.33 Å². The number of ether oxygens (including phenoxy) is 1. The Morgan fingerprint density at radius 1 is 1.79 bits per heavy atom. The molecule has 0 radical (unpaired) electrons. The van der Waals surface area contributed by atoms with Crippen molar-refractivity contribution < 1.29 is 14.5 Å². The van der Waals surface area contributed by atoms with Crippen molar-refractivity contribution in [3.8, 4) is 0 Å². The molecule has 1 aromatic heterocycles. The van der Waals surface area contributed by atoms with Gasteiger partial charge in [0, 0.05) is 14.0 Å². The molecule has 0 N–H and O–H groups in total. The quantitative estimate of drug-likeness (QED) is 0.399. The zero-order chi connectivity index (χ0) is 10.7. The van der Waals surface area contributed by atoms with Crippen LogP contribution in [0.25, 0.3) is 0 Å². The maximum absolute atomic E-state index is 10.5. The zero-order valence-corrected chi connectivity index (χ0v) is 7.76. The number of hydrogen-bond donors (Lipinski definition) is 0. The first-order valence-electron chi connectivity index (χ1n) is 3.80. The highest BCUT2D eigenvalue weighted by Crippen LogP contribution is 2.15. The summed E-state index contributed by atoms with van der Waals surface area (Å²) >= 11 is 0. The molecule has 0 unspecified atom stereocenters. The topological polar surface area (TPSA) is 87.3 Å². The van der Waals surface area contributed by atoms with Crippen molar-refractivity contribution in [1.29, 1.82) is 0 Å². The summed E-state index contributed by atoms with van der Waals surface area (Å²) < 4.78 is 6.10. The largest absolute Gasteiger partial charge is 0.459 e. The van der Waals surface area contributed by atoms with Gasteiger partial charge in [-0.1, -0.05) is 0 Å². The third kappa shape index (κ3) is 2.06. The summed E-state index contributed by atoms with van der Waals surface area (Å²) in [7, 11) is 1.60. The van der Waals surface area contributed by atoms with E-state index >= 15 is 0 Å². The van der Waals surface area contributed by atoms with Crippen LogP contribution in [0.3, 0.4) is 0 Å². The molecule has 76 valence electrons. The maximum Gasteiger partial charge on any atom is 0.388 e. The second kappa shape index (κ2) is 3.86. The van der Waals surface area contributed by atoms with Crippen LogP contribution in [0.1, 0.15) is 12.6 Å². The average Bonchev–Trinajstić information content (AvgIpc) is 2.43. The third-order valence-electron chi connectivity index (χ3n) is 1.62. The number of aromatic nitrogens is 2. The Labute approximate surface area is 79.5 Å². The monoisotopic (exact) mass is 199 g/mol. The normalized spacial score (nSPS) is 9.86. The lowest BCUT2D eigenvalue weighted by atomic mass is 10.4. The SMILES string of the molecule is CC(=O)OCc1c([N+](=O)[O-])ncn1C. The van der Waals surface area contributed by atoms with E-state index in [1.54, 1.807) is 7.05 Å². The summed E-state index contributed by atoms with van der Waals surface area (Å²) in [5.74, 6) is -0.769. The van der Waals surface area contributed by atoms with E-state index in [1.165, 1.54) is 17.8 Å². The van der Waals surface area contributed by atoms with Crippen LogP contribution in [0, 0.1) is 10.1 Å². The highest BCUT2D eigenvalue weighted by molar-refractivity contribution is 5.65. The number of aryl methyl sites for hydroxylation is 1. The summed E-state index contributed by atoms with van der Waals surface area (Å²) in [6, 6.07) is 0. The fraction of sp³-hybridized carbons (Fsp3) is 0.429. The van der Waals surface area contributed by atoms with Gasteiger partial charge in [0.1, 0.15) is 6.61 Å². The van der Waals surface area contributed by atoms with Gasteiger partial charge in [-0.15, -0.1) is 0 Å². The van der Waals surface area contributed by atoms with Crippen LogP contribution in [-0.4, -0.2) is 20.4 Å². The number of imidazole rings is 1. The lowest BCUT2D eigenvalue weighted by Crippen LogP contribution is -2.05. The zero-order valence-electron chi connectivity index (χ0n) is 7.76. The molecule has 0 saturated carbocycles. The molecule has 0 aliphatic heterocycles. The van der Waals surface area contributed by atoms with Gasteiger partial charge in [0.25, 0.3) is 0 Å². The van der Waals surface area contributed by atoms with Crippen molar-refractivity contribution in [1.82, 2.24) is 9.55 Å². The molecule has 1 heterocycles. The van der Waals surface area contributed by atoms with Crippen molar-refractivity contribution in [3.63, 3.8) is 0 Å². The molecule has 0 amide bonds. The molecular weight excluding hydrogens is 190 g/mol. The smallest absolute Gasteiger partial charge is 0.388 e. The maximum atomic E-state index is 10.5. The number of esters is 1. The third-order valence-corrected chi connectivity index (χ3v) is 1.62. The number of carbonyl (C=O) groups excluding carboxylic acids is 1. The van der Waals surface area contributed by atoms with Gasteiger partial charge in [0.15, 0.2) is 5.69 Å². The summed E-state index contributed by atoms with van der Waals surface area (Å²) in [5, 5.41) is 10.5. The molecular formula is C7H9N3O4. The van der Waals surface area contributed by atoms with E-state index < -0.39 is 10.9 Å². The average molecular weight is 199 g/mol. The number of hydrogen-bond acceptors (Lipinski definition) is 5. The predicted octanol–water partition coefficient (Wildman–Crippen LogP) is 0.391. The molecule has 0 aromatic carbocycles. The molecule has 7 nitrogen and oxygen atoms in total. The molecule has 0 saturated heterocycles. The van der Waals surface area contributed by atoms with Crippen molar-refractivity contribution in [2.75, 3.05) is 0 Å². The minimum atomic E-state index is -0.612. The van der Waals surface area contributed by atoms with Crippen LogP contribution in [-0.2, 0) is 23.2 Å². The van der Waals surface area contributed by atoms with Crippen LogP contribution in [0.5, 0.6) is 0 Å². The molecule has 0 atom stereocenters. The van der Waals surface area contributed by atoms with Gasteiger partial charge in [0.05, 0.1) is 0 Å². The lowest BCUT2D eigenvalue weighted by molar-refractivity contribution is -0.390. The van der Waals surface area contributed by atoms with Crippen molar-refractivity contribution >= 4 is 11.8 Å². The fourth-order valence-electron chi connectivity index (χ4n) is 0.932. The second-order valence-electron chi connectivity index (χ2n) is 2.66. The van der Waals surface area contributed by atoms with Gasteiger partial charge >= 0.3 is 11.8 Å². The summed E-state index contributed by atoms with van der Waals surface area (Å²) in [4.78, 5) is 23.9. The lowest BCUT2D eigenvalue weighted by Gasteiger charge is -2.01. The Balaban J connectivity index is 2.88. The Morgan fingerprint density at radius 3 is 2.93 bits per heavy atom. The van der Waals surface area contributed by atoms with Crippen LogP contribution < -0.4 is 0 Å². The highest BCUT2D eigenvalue weighted by Gasteiger charge is 2.20. The number of carbonyl (C=O) groups is 1.